The first-order valence-electron chi connectivity index (χ1n) is 10.6. The summed E-state index contributed by atoms with van der Waals surface area (Å²) >= 11 is 1.39. The quantitative estimate of drug-likeness (QED) is 0.438. The molecule has 2 aromatic heterocycles. The number of aromatic nitrogens is 2. The molecule has 0 bridgehead atoms. The zero-order chi connectivity index (χ0) is 23.7. The van der Waals surface area contributed by atoms with Gasteiger partial charge in [0, 0.05) is 35.9 Å². The molecule has 0 aliphatic carbocycles. The van der Waals surface area contributed by atoms with E-state index in [9.17, 15) is 13.2 Å². The Morgan fingerprint density at radius 1 is 1.15 bits per heavy atom. The zero-order valence-electron chi connectivity index (χ0n) is 18.3. The molecule has 1 saturated heterocycles. The van der Waals surface area contributed by atoms with Crippen LogP contribution in [-0.2, 0) is 14.8 Å². The van der Waals surface area contributed by atoms with E-state index in [-0.39, 0.29) is 10.8 Å². The summed E-state index contributed by atoms with van der Waals surface area (Å²) in [6.07, 6.45) is 1.80. The number of benzene rings is 2. The molecule has 34 heavy (non-hydrogen) atoms. The number of nitrogens with one attached hydrogen (secondary N) is 1. The summed E-state index contributed by atoms with van der Waals surface area (Å²) in [5.74, 6) is 0.520. The number of carbonyl (C=O) groups is 1. The monoisotopic (exact) mass is 498 g/mol. The first kappa shape index (κ1) is 22.4. The van der Waals surface area contributed by atoms with Crippen LogP contribution >= 0.6 is 11.3 Å². The number of fused-ring (bicyclic) bond motifs is 1. The van der Waals surface area contributed by atoms with Crippen molar-refractivity contribution in [1.29, 1.82) is 0 Å². The van der Waals surface area contributed by atoms with Gasteiger partial charge in [0.15, 0.2) is 4.96 Å². The fourth-order valence-corrected chi connectivity index (χ4v) is 5.61. The fraction of sp³-hybridized carbons (Fsp3) is 0.217. The van der Waals surface area contributed by atoms with Gasteiger partial charge in [0.05, 0.1) is 30.9 Å². The van der Waals surface area contributed by atoms with E-state index in [0.717, 1.165) is 5.56 Å². The maximum absolute atomic E-state index is 13.0. The van der Waals surface area contributed by atoms with Gasteiger partial charge in [-0.1, -0.05) is 12.1 Å². The predicted octanol–water partition coefficient (Wildman–Crippen LogP) is 3.34. The Kier molecular flexibility index (Phi) is 5.98. The van der Waals surface area contributed by atoms with Crippen LogP contribution in [0.25, 0.3) is 16.2 Å². The van der Waals surface area contributed by atoms with Crippen LogP contribution in [0.3, 0.4) is 0 Å². The summed E-state index contributed by atoms with van der Waals surface area (Å²) < 4.78 is 40.4. The lowest BCUT2D eigenvalue weighted by molar-refractivity contribution is 0.0298. The van der Waals surface area contributed by atoms with Crippen LogP contribution in [0.4, 0.5) is 5.69 Å². The average Bonchev–Trinajstić information content (AvgIpc) is 3.45. The molecular weight excluding hydrogens is 476 g/mol. The van der Waals surface area contributed by atoms with E-state index in [4.69, 9.17) is 9.47 Å². The van der Waals surface area contributed by atoms with Crippen LogP contribution in [0.1, 0.15) is 10.5 Å². The molecule has 1 aliphatic rings. The number of hydrogen-bond acceptors (Lipinski definition) is 7. The molecule has 1 aliphatic heterocycles. The van der Waals surface area contributed by atoms with Gasteiger partial charge in [0.1, 0.15) is 11.4 Å². The van der Waals surface area contributed by atoms with Crippen LogP contribution in [0.5, 0.6) is 5.75 Å². The average molecular weight is 499 g/mol. The number of imidazole rings is 1. The van der Waals surface area contributed by atoms with Crippen LogP contribution in [0, 0.1) is 0 Å². The van der Waals surface area contributed by atoms with E-state index >= 15 is 0 Å². The van der Waals surface area contributed by atoms with Crippen molar-refractivity contribution in [3.8, 4) is 17.0 Å². The molecule has 1 N–H and O–H groups in total. The lowest BCUT2D eigenvalue weighted by Gasteiger charge is -2.26. The Hall–Kier alpha value is -3.41. The minimum atomic E-state index is -3.77. The Labute approximate surface area is 200 Å². The number of morpholine rings is 1. The maximum Gasteiger partial charge on any atom is 0.271 e. The van der Waals surface area contributed by atoms with Gasteiger partial charge in [-0.2, -0.15) is 0 Å². The third-order valence-corrected chi connectivity index (χ3v) is 7.74. The van der Waals surface area contributed by atoms with E-state index in [0.29, 0.717) is 54.1 Å². The number of sulfonamides is 1. The van der Waals surface area contributed by atoms with Crippen molar-refractivity contribution in [3.05, 3.63) is 65.8 Å². The Morgan fingerprint density at radius 3 is 2.65 bits per heavy atom. The predicted molar refractivity (Wildman–Crippen MR) is 129 cm³/mol. The Balaban J connectivity index is 1.40. The van der Waals surface area contributed by atoms with Crippen molar-refractivity contribution in [3.63, 3.8) is 0 Å². The molecule has 11 heteroatoms. The number of amides is 1. The van der Waals surface area contributed by atoms with Crippen molar-refractivity contribution < 1.29 is 22.7 Å². The van der Waals surface area contributed by atoms with Crippen molar-refractivity contribution in [2.24, 2.45) is 0 Å². The molecule has 2 aromatic carbocycles. The van der Waals surface area contributed by atoms with Crippen LogP contribution < -0.4 is 9.46 Å². The lowest BCUT2D eigenvalue weighted by atomic mass is 10.1. The number of rotatable bonds is 6. The topological polar surface area (TPSA) is 102 Å². The molecule has 0 atom stereocenters. The normalized spacial score (nSPS) is 14.3. The highest BCUT2D eigenvalue weighted by Crippen LogP contribution is 2.27. The van der Waals surface area contributed by atoms with Crippen molar-refractivity contribution >= 4 is 37.9 Å². The fourth-order valence-electron chi connectivity index (χ4n) is 3.72. The largest absolute Gasteiger partial charge is 0.497 e. The number of anilines is 1. The number of hydrogen-bond donors (Lipinski definition) is 1. The van der Waals surface area contributed by atoms with E-state index in [1.807, 2.05) is 11.4 Å². The number of nitrogens with zero attached hydrogens (tertiary/aromatic N) is 3. The summed E-state index contributed by atoms with van der Waals surface area (Å²) in [6.45, 7) is 2.20. The van der Waals surface area contributed by atoms with Crippen LogP contribution in [0.15, 0.2) is 65.0 Å². The second-order valence-corrected chi connectivity index (χ2v) is 10.2. The lowest BCUT2D eigenvalue weighted by Crippen LogP contribution is -2.41. The SMILES string of the molecule is COc1ccc(S(=O)(=O)Nc2cccc(-c3cn4c(C(=O)N5CCOCC5)csc4n3)c2)cc1. The standard InChI is InChI=1S/C23H22N4O5S2/c1-31-18-5-7-19(8-6-18)34(29,30)25-17-4-2-3-16(13-17)20-14-27-21(15-33-23(27)24-20)22(28)26-9-11-32-12-10-26/h2-8,13-15,25H,9-12H2,1H3. The van der Waals surface area contributed by atoms with Gasteiger partial charge < -0.3 is 14.4 Å². The van der Waals surface area contributed by atoms with Crippen LogP contribution in [-0.4, -0.2) is 62.0 Å². The molecule has 1 amide bonds. The van der Waals surface area contributed by atoms with Gasteiger partial charge in [-0.15, -0.1) is 11.3 Å². The molecule has 0 saturated carbocycles. The summed E-state index contributed by atoms with van der Waals surface area (Å²) in [7, 11) is -2.25. The minimum absolute atomic E-state index is 0.0560. The Bertz CT molecular complexity index is 1440. The molecule has 1 fully saturated rings. The highest BCUT2D eigenvalue weighted by Gasteiger charge is 2.23. The highest BCUT2D eigenvalue weighted by atomic mass is 32.2. The maximum atomic E-state index is 13.0. The highest BCUT2D eigenvalue weighted by molar-refractivity contribution is 7.92. The summed E-state index contributed by atoms with van der Waals surface area (Å²) in [6, 6.07) is 13.2. The smallest absolute Gasteiger partial charge is 0.271 e. The first-order chi connectivity index (χ1) is 16.4. The number of thiazole rings is 1. The molecule has 4 aromatic rings. The van der Waals surface area contributed by atoms with Gasteiger partial charge in [-0.05, 0) is 36.4 Å². The van der Waals surface area contributed by atoms with Crippen molar-refractivity contribution in [1.82, 2.24) is 14.3 Å². The molecule has 0 spiro atoms. The second-order valence-electron chi connectivity index (χ2n) is 7.67. The molecular formula is C23H22N4O5S2. The first-order valence-corrected chi connectivity index (χ1v) is 12.9. The second kappa shape index (κ2) is 9.09. The van der Waals surface area contributed by atoms with Crippen molar-refractivity contribution in [2.45, 2.75) is 4.90 Å². The number of methoxy groups -OCH3 is 1. The molecule has 0 radical (unpaired) electrons. The minimum Gasteiger partial charge on any atom is -0.497 e. The molecule has 9 nitrogen and oxygen atoms in total. The van der Waals surface area contributed by atoms with E-state index in [1.54, 1.807) is 45.8 Å². The zero-order valence-corrected chi connectivity index (χ0v) is 19.9. The number of carbonyl (C=O) groups excluding carboxylic acids is 1. The van der Waals surface area contributed by atoms with Crippen molar-refractivity contribution in [2.75, 3.05) is 38.1 Å². The van der Waals surface area contributed by atoms with Gasteiger partial charge in [0.2, 0.25) is 0 Å². The Morgan fingerprint density at radius 2 is 1.91 bits per heavy atom. The van der Waals surface area contributed by atoms with Gasteiger partial charge in [0.25, 0.3) is 15.9 Å². The third kappa shape index (κ3) is 4.37. The van der Waals surface area contributed by atoms with E-state index in [1.165, 1.54) is 30.6 Å². The molecule has 5 rings (SSSR count). The van der Waals surface area contributed by atoms with Gasteiger partial charge >= 0.3 is 0 Å². The molecule has 3 heterocycles. The van der Waals surface area contributed by atoms with E-state index < -0.39 is 10.0 Å². The summed E-state index contributed by atoms with van der Waals surface area (Å²) in [5.41, 5.74) is 2.34. The molecule has 176 valence electrons. The van der Waals surface area contributed by atoms with E-state index in [2.05, 4.69) is 9.71 Å². The third-order valence-electron chi connectivity index (χ3n) is 5.51. The summed E-state index contributed by atoms with van der Waals surface area (Å²) in [5, 5.41) is 1.81. The van der Waals surface area contributed by atoms with Gasteiger partial charge in [-0.25, -0.2) is 13.4 Å². The summed E-state index contributed by atoms with van der Waals surface area (Å²) in [4.78, 5) is 20.2. The molecule has 0 unspecified atom stereocenters. The van der Waals surface area contributed by atoms with Crippen LogP contribution in [0.2, 0.25) is 0 Å². The van der Waals surface area contributed by atoms with Gasteiger partial charge in [-0.3, -0.25) is 13.9 Å². The number of ether oxygens (including phenoxy) is 2.